The zero-order chi connectivity index (χ0) is 13.4. The van der Waals surface area contributed by atoms with Crippen LogP contribution in [-0.4, -0.2) is 16.5 Å². The lowest BCUT2D eigenvalue weighted by atomic mass is 10.1. The van der Waals surface area contributed by atoms with Crippen molar-refractivity contribution in [2.45, 2.75) is 0 Å². The maximum atomic E-state index is 6.14. The maximum Gasteiger partial charge on any atom is 0.156 e. The fourth-order valence-corrected chi connectivity index (χ4v) is 2.54. The Bertz CT molecular complexity index is 752. The molecule has 2 aromatic heterocycles. The van der Waals surface area contributed by atoms with Crippen molar-refractivity contribution in [2.24, 2.45) is 0 Å². The molecule has 1 aromatic carbocycles. The molecule has 3 rings (SSSR count). The van der Waals surface area contributed by atoms with E-state index in [-0.39, 0.29) is 0 Å². The fraction of sp³-hybridized carbons (Fsp3) is 0.0714. The highest BCUT2D eigenvalue weighted by molar-refractivity contribution is 6.36. The van der Waals surface area contributed by atoms with Gasteiger partial charge in [-0.2, -0.15) is 0 Å². The van der Waals surface area contributed by atoms with Crippen molar-refractivity contribution in [3.63, 3.8) is 0 Å². The van der Waals surface area contributed by atoms with E-state index in [2.05, 4.69) is 4.98 Å². The summed E-state index contributed by atoms with van der Waals surface area (Å²) in [7, 11) is 1.64. The monoisotopic (exact) mass is 292 g/mol. The Morgan fingerprint density at radius 3 is 2.74 bits per heavy atom. The molecule has 5 heteroatoms. The second-order valence-corrected chi connectivity index (χ2v) is 4.91. The third kappa shape index (κ3) is 2.15. The van der Waals surface area contributed by atoms with Crippen molar-refractivity contribution in [3.05, 3.63) is 52.8 Å². The van der Waals surface area contributed by atoms with Gasteiger partial charge in [-0.3, -0.25) is 0 Å². The van der Waals surface area contributed by atoms with Crippen LogP contribution in [0, 0.1) is 0 Å². The zero-order valence-electron chi connectivity index (χ0n) is 10.1. The highest BCUT2D eigenvalue weighted by atomic mass is 35.5. The molecule has 3 aromatic rings. The first kappa shape index (κ1) is 12.3. The third-order valence-corrected chi connectivity index (χ3v) is 3.34. The fourth-order valence-electron chi connectivity index (χ4n) is 2.01. The predicted molar refractivity (Wildman–Crippen MR) is 77.2 cm³/mol. The van der Waals surface area contributed by atoms with Crippen LogP contribution in [0.5, 0.6) is 5.75 Å². The molecule has 0 atom stereocenters. The van der Waals surface area contributed by atoms with Gasteiger partial charge in [-0.05, 0) is 18.2 Å². The third-order valence-electron chi connectivity index (χ3n) is 2.86. The molecule has 0 bridgehead atoms. The van der Waals surface area contributed by atoms with E-state index in [0.29, 0.717) is 15.7 Å². The van der Waals surface area contributed by atoms with E-state index in [4.69, 9.17) is 27.9 Å². The van der Waals surface area contributed by atoms with E-state index in [9.17, 15) is 0 Å². The zero-order valence-corrected chi connectivity index (χ0v) is 11.6. The van der Waals surface area contributed by atoms with E-state index in [1.807, 2.05) is 34.9 Å². The van der Waals surface area contributed by atoms with Crippen LogP contribution in [0.15, 0.2) is 42.7 Å². The number of pyridine rings is 1. The van der Waals surface area contributed by atoms with Crippen molar-refractivity contribution in [1.82, 2.24) is 9.38 Å². The summed E-state index contributed by atoms with van der Waals surface area (Å²) in [6, 6.07) is 9.39. The number of fused-ring (bicyclic) bond motifs is 1. The summed E-state index contributed by atoms with van der Waals surface area (Å²) in [5.41, 5.74) is 2.38. The molecule has 0 spiro atoms. The molecule has 0 unspecified atom stereocenters. The number of benzene rings is 1. The van der Waals surface area contributed by atoms with E-state index in [1.165, 1.54) is 0 Å². The number of methoxy groups -OCH3 is 1. The molecule has 0 N–H and O–H groups in total. The van der Waals surface area contributed by atoms with Gasteiger partial charge >= 0.3 is 0 Å². The van der Waals surface area contributed by atoms with Crippen LogP contribution >= 0.6 is 23.2 Å². The lowest BCUT2D eigenvalue weighted by molar-refractivity contribution is 0.416. The van der Waals surface area contributed by atoms with Gasteiger partial charge in [0.05, 0.1) is 22.8 Å². The van der Waals surface area contributed by atoms with E-state index >= 15 is 0 Å². The molecule has 0 amide bonds. The van der Waals surface area contributed by atoms with E-state index in [0.717, 1.165) is 17.0 Å². The SMILES string of the molecule is COc1ccccc1-c1cn2cc(Cl)cc(Cl)c2n1. The summed E-state index contributed by atoms with van der Waals surface area (Å²) in [5.74, 6) is 0.771. The summed E-state index contributed by atoms with van der Waals surface area (Å²) in [6.07, 6.45) is 3.65. The average Bonchev–Trinajstić information content (AvgIpc) is 2.82. The molecule has 0 aliphatic rings. The van der Waals surface area contributed by atoms with Crippen molar-refractivity contribution in [3.8, 4) is 17.0 Å². The molecule has 0 aliphatic heterocycles. The van der Waals surface area contributed by atoms with Crippen LogP contribution < -0.4 is 4.74 Å². The van der Waals surface area contributed by atoms with Gasteiger partial charge in [-0.1, -0.05) is 35.3 Å². The number of hydrogen-bond acceptors (Lipinski definition) is 2. The molecular formula is C14H10Cl2N2O. The number of rotatable bonds is 2. The summed E-state index contributed by atoms with van der Waals surface area (Å²) in [4.78, 5) is 4.52. The normalized spacial score (nSPS) is 10.9. The minimum absolute atomic E-state index is 0.522. The largest absolute Gasteiger partial charge is 0.496 e. The lowest BCUT2D eigenvalue weighted by Crippen LogP contribution is -1.86. The topological polar surface area (TPSA) is 26.5 Å². The molecule has 0 fully saturated rings. The lowest BCUT2D eigenvalue weighted by Gasteiger charge is -2.04. The molecule has 0 aliphatic carbocycles. The smallest absolute Gasteiger partial charge is 0.156 e. The highest BCUT2D eigenvalue weighted by Crippen LogP contribution is 2.31. The summed E-state index contributed by atoms with van der Waals surface area (Å²) < 4.78 is 7.15. The minimum atomic E-state index is 0.522. The summed E-state index contributed by atoms with van der Waals surface area (Å²) >= 11 is 12.1. The standard InChI is InChI=1S/C14H10Cl2N2O/c1-19-13-5-3-2-4-10(13)12-8-18-7-9(15)6-11(16)14(18)17-12/h2-8H,1H3. The number of aromatic nitrogens is 2. The number of para-hydroxylation sites is 1. The highest BCUT2D eigenvalue weighted by Gasteiger charge is 2.11. The molecule has 2 heterocycles. The molecule has 3 nitrogen and oxygen atoms in total. The molecular weight excluding hydrogens is 283 g/mol. The van der Waals surface area contributed by atoms with Crippen LogP contribution in [0.3, 0.4) is 0 Å². The van der Waals surface area contributed by atoms with Crippen LogP contribution in [0.25, 0.3) is 16.9 Å². The number of halogens is 2. The summed E-state index contributed by atoms with van der Waals surface area (Å²) in [6.45, 7) is 0. The van der Waals surface area contributed by atoms with E-state index < -0.39 is 0 Å². The number of ether oxygens (including phenoxy) is 1. The Morgan fingerprint density at radius 2 is 1.95 bits per heavy atom. The van der Waals surface area contributed by atoms with Crippen molar-refractivity contribution in [2.75, 3.05) is 7.11 Å². The quantitative estimate of drug-likeness (QED) is 0.703. The average molecular weight is 293 g/mol. The van der Waals surface area contributed by atoms with Gasteiger partial charge in [-0.25, -0.2) is 4.98 Å². The first-order valence-electron chi connectivity index (χ1n) is 5.66. The minimum Gasteiger partial charge on any atom is -0.496 e. The number of nitrogens with zero attached hydrogens (tertiary/aromatic N) is 2. The first-order chi connectivity index (χ1) is 9.19. The van der Waals surface area contributed by atoms with Crippen molar-refractivity contribution < 1.29 is 4.74 Å². The first-order valence-corrected chi connectivity index (χ1v) is 6.42. The predicted octanol–water partition coefficient (Wildman–Crippen LogP) is 4.32. The van der Waals surface area contributed by atoms with E-state index in [1.54, 1.807) is 19.4 Å². The molecule has 19 heavy (non-hydrogen) atoms. The van der Waals surface area contributed by atoms with Gasteiger partial charge in [0, 0.05) is 18.0 Å². The second-order valence-electron chi connectivity index (χ2n) is 4.06. The van der Waals surface area contributed by atoms with Gasteiger partial charge in [0.2, 0.25) is 0 Å². The van der Waals surface area contributed by atoms with Gasteiger partial charge in [0.15, 0.2) is 5.65 Å². The molecule has 0 radical (unpaired) electrons. The van der Waals surface area contributed by atoms with Crippen LogP contribution in [0.2, 0.25) is 10.0 Å². The van der Waals surface area contributed by atoms with Crippen molar-refractivity contribution >= 4 is 28.8 Å². The molecule has 96 valence electrons. The van der Waals surface area contributed by atoms with Gasteiger partial charge in [-0.15, -0.1) is 0 Å². The second kappa shape index (κ2) is 4.76. The Morgan fingerprint density at radius 1 is 1.16 bits per heavy atom. The van der Waals surface area contributed by atoms with Gasteiger partial charge in [0.25, 0.3) is 0 Å². The van der Waals surface area contributed by atoms with Crippen LogP contribution in [0.4, 0.5) is 0 Å². The Kier molecular flexibility index (Phi) is 3.09. The molecule has 0 saturated heterocycles. The van der Waals surface area contributed by atoms with Crippen LogP contribution in [0.1, 0.15) is 0 Å². The van der Waals surface area contributed by atoms with Crippen LogP contribution in [-0.2, 0) is 0 Å². The van der Waals surface area contributed by atoms with Crippen molar-refractivity contribution in [1.29, 1.82) is 0 Å². The molecule has 0 saturated carbocycles. The Labute approximate surface area is 120 Å². The Balaban J connectivity index is 2.23. The maximum absolute atomic E-state index is 6.14. The number of imidazole rings is 1. The summed E-state index contributed by atoms with van der Waals surface area (Å²) in [5, 5.41) is 1.09. The number of hydrogen-bond donors (Lipinski definition) is 0. The Hall–Kier alpha value is -1.71. The van der Waals surface area contributed by atoms with Gasteiger partial charge < -0.3 is 9.14 Å². The van der Waals surface area contributed by atoms with Gasteiger partial charge in [0.1, 0.15) is 5.75 Å².